The highest BCUT2D eigenvalue weighted by Crippen LogP contribution is 2.30. The van der Waals surface area contributed by atoms with Gasteiger partial charge in [0.1, 0.15) is 11.5 Å². The van der Waals surface area contributed by atoms with E-state index >= 15 is 0 Å². The fourth-order valence-corrected chi connectivity index (χ4v) is 4.08. The molecule has 0 aromatic carbocycles. The highest BCUT2D eigenvalue weighted by Gasteiger charge is 2.25. The Balaban J connectivity index is 1.55. The predicted octanol–water partition coefficient (Wildman–Crippen LogP) is 2.20. The Morgan fingerprint density at radius 3 is 2.70 bits per heavy atom. The summed E-state index contributed by atoms with van der Waals surface area (Å²) in [5.74, 6) is -0.915. The molecule has 0 radical (unpaired) electrons. The maximum Gasteiger partial charge on any atom is 0.252 e. The standard InChI is InChI=1S/C21H23FN10O/c22-13-9-12(18(24)33)20(31-21(13)28-15-4-2-1-3-14(15)23)29-16-10-17(32-26-7-8-27-32)30-19-11(16)5-6-25-19/h5-10,14-15H,1-4,23H2,(H2,24,33)(H3,25,28,29,30,31). The number of halogens is 1. The van der Waals surface area contributed by atoms with E-state index in [2.05, 4.69) is 35.8 Å². The number of hydrogen-bond donors (Lipinski definition) is 5. The third-order valence-electron chi connectivity index (χ3n) is 5.77. The summed E-state index contributed by atoms with van der Waals surface area (Å²) >= 11 is 0. The zero-order valence-corrected chi connectivity index (χ0v) is 17.6. The van der Waals surface area contributed by atoms with Crippen molar-refractivity contribution in [2.24, 2.45) is 11.5 Å². The van der Waals surface area contributed by atoms with Gasteiger partial charge >= 0.3 is 0 Å². The molecule has 33 heavy (non-hydrogen) atoms. The zero-order valence-electron chi connectivity index (χ0n) is 17.6. The summed E-state index contributed by atoms with van der Waals surface area (Å²) < 4.78 is 14.8. The smallest absolute Gasteiger partial charge is 0.252 e. The van der Waals surface area contributed by atoms with Crippen molar-refractivity contribution in [3.05, 3.63) is 48.2 Å². The number of primary amides is 1. The van der Waals surface area contributed by atoms with Crippen molar-refractivity contribution in [1.29, 1.82) is 0 Å². The number of rotatable bonds is 6. The summed E-state index contributed by atoms with van der Waals surface area (Å²) in [5, 5.41) is 15.2. The Labute approximate surface area is 187 Å². The number of hydrogen-bond acceptors (Lipinski definition) is 8. The third kappa shape index (κ3) is 4.07. The maximum absolute atomic E-state index is 14.8. The molecule has 170 valence electrons. The lowest BCUT2D eigenvalue weighted by Gasteiger charge is -2.30. The van der Waals surface area contributed by atoms with Gasteiger partial charge in [-0.25, -0.2) is 14.4 Å². The van der Waals surface area contributed by atoms with Crippen LogP contribution in [0.2, 0.25) is 0 Å². The highest BCUT2D eigenvalue weighted by molar-refractivity contribution is 6.00. The molecule has 1 fully saturated rings. The van der Waals surface area contributed by atoms with Crippen LogP contribution in [0.1, 0.15) is 36.0 Å². The van der Waals surface area contributed by atoms with Crippen LogP contribution < -0.4 is 22.1 Å². The van der Waals surface area contributed by atoms with Crippen molar-refractivity contribution in [3.8, 4) is 5.82 Å². The van der Waals surface area contributed by atoms with Gasteiger partial charge in [0.15, 0.2) is 17.5 Å². The van der Waals surface area contributed by atoms with E-state index in [0.717, 1.165) is 37.1 Å². The van der Waals surface area contributed by atoms with Crippen molar-refractivity contribution in [2.75, 3.05) is 10.6 Å². The van der Waals surface area contributed by atoms with Gasteiger partial charge in [-0.3, -0.25) is 4.79 Å². The van der Waals surface area contributed by atoms with Gasteiger partial charge in [-0.15, -0.1) is 4.80 Å². The first-order valence-electron chi connectivity index (χ1n) is 10.6. The minimum absolute atomic E-state index is 0.0122. The minimum atomic E-state index is -0.807. The average Bonchev–Trinajstić information content (AvgIpc) is 3.49. The zero-order chi connectivity index (χ0) is 22.9. The van der Waals surface area contributed by atoms with Crippen molar-refractivity contribution in [2.45, 2.75) is 37.8 Å². The lowest BCUT2D eigenvalue weighted by atomic mass is 9.91. The second-order valence-corrected chi connectivity index (χ2v) is 7.99. The van der Waals surface area contributed by atoms with Crippen LogP contribution in [0.4, 0.5) is 21.7 Å². The van der Waals surface area contributed by atoms with Crippen molar-refractivity contribution in [3.63, 3.8) is 0 Å². The Bertz CT molecular complexity index is 1300. The van der Waals surface area contributed by atoms with Crippen LogP contribution >= 0.6 is 0 Å². The van der Waals surface area contributed by atoms with Crippen molar-refractivity contribution < 1.29 is 9.18 Å². The number of nitrogens with two attached hydrogens (primary N) is 2. The molecule has 0 bridgehead atoms. The van der Waals surface area contributed by atoms with Gasteiger partial charge in [0, 0.05) is 29.7 Å². The fourth-order valence-electron chi connectivity index (χ4n) is 4.08. The second-order valence-electron chi connectivity index (χ2n) is 7.99. The SMILES string of the molecule is NC(=O)c1cc(F)c(NC2CCCCC2N)nc1Nc1cc(-n2nccn2)nc2[nH]ccc12. The van der Waals surface area contributed by atoms with Crippen LogP contribution in [-0.2, 0) is 0 Å². The summed E-state index contributed by atoms with van der Waals surface area (Å²) in [6.45, 7) is 0. The maximum atomic E-state index is 14.8. The van der Waals surface area contributed by atoms with Crippen LogP contribution in [0.25, 0.3) is 16.9 Å². The average molecular weight is 450 g/mol. The molecule has 7 N–H and O–H groups in total. The van der Waals surface area contributed by atoms with E-state index in [-0.39, 0.29) is 29.3 Å². The van der Waals surface area contributed by atoms with Gasteiger partial charge in [-0.2, -0.15) is 10.2 Å². The molecule has 4 aromatic heterocycles. The molecule has 1 saturated carbocycles. The number of aromatic amines is 1. The topological polar surface area (TPSA) is 165 Å². The number of pyridine rings is 2. The number of amides is 1. The van der Waals surface area contributed by atoms with Gasteiger partial charge in [0.05, 0.1) is 23.6 Å². The molecular weight excluding hydrogens is 427 g/mol. The molecule has 5 rings (SSSR count). The molecule has 12 heteroatoms. The number of carbonyl (C=O) groups is 1. The number of H-pyrrole nitrogens is 1. The number of nitrogens with zero attached hydrogens (tertiary/aromatic N) is 5. The Hall–Kier alpha value is -4.06. The first-order valence-corrected chi connectivity index (χ1v) is 10.6. The quantitative estimate of drug-likeness (QED) is 0.298. The number of anilines is 3. The Morgan fingerprint density at radius 2 is 1.94 bits per heavy atom. The van der Waals surface area contributed by atoms with E-state index in [1.165, 1.54) is 17.2 Å². The van der Waals surface area contributed by atoms with Gasteiger partial charge in [0.2, 0.25) is 0 Å². The molecule has 1 amide bonds. The van der Waals surface area contributed by atoms with Gasteiger partial charge in [0.25, 0.3) is 5.91 Å². The van der Waals surface area contributed by atoms with Gasteiger partial charge < -0.3 is 27.1 Å². The molecule has 2 atom stereocenters. The number of nitrogens with one attached hydrogen (secondary N) is 3. The molecule has 0 saturated heterocycles. The van der Waals surface area contributed by atoms with Gasteiger partial charge in [-0.1, -0.05) is 12.8 Å². The summed E-state index contributed by atoms with van der Waals surface area (Å²) in [4.78, 5) is 25.4. The molecule has 1 aliphatic rings. The largest absolute Gasteiger partial charge is 0.365 e. The van der Waals surface area contributed by atoms with Crippen LogP contribution in [-0.4, -0.2) is 47.9 Å². The van der Waals surface area contributed by atoms with E-state index in [4.69, 9.17) is 11.5 Å². The Kier molecular flexibility index (Phi) is 5.34. The summed E-state index contributed by atoms with van der Waals surface area (Å²) in [5.41, 5.74) is 12.8. The first kappa shape index (κ1) is 20.8. The van der Waals surface area contributed by atoms with Crippen LogP contribution in [0.15, 0.2) is 36.8 Å². The first-order chi connectivity index (χ1) is 16.0. The molecule has 1 aliphatic carbocycles. The monoisotopic (exact) mass is 450 g/mol. The highest BCUT2D eigenvalue weighted by atomic mass is 19.1. The third-order valence-corrected chi connectivity index (χ3v) is 5.77. The molecule has 0 aliphatic heterocycles. The molecular formula is C21H23FN10O. The normalized spacial score (nSPS) is 18.4. The predicted molar refractivity (Wildman–Crippen MR) is 121 cm³/mol. The van der Waals surface area contributed by atoms with E-state index < -0.39 is 11.7 Å². The summed E-state index contributed by atoms with van der Waals surface area (Å²) in [6.07, 6.45) is 8.53. The summed E-state index contributed by atoms with van der Waals surface area (Å²) in [6, 6.07) is 4.40. The lowest BCUT2D eigenvalue weighted by molar-refractivity contribution is 0.100. The van der Waals surface area contributed by atoms with E-state index in [1.54, 1.807) is 12.3 Å². The Morgan fingerprint density at radius 1 is 1.15 bits per heavy atom. The molecule has 4 heterocycles. The number of fused-ring (bicyclic) bond motifs is 1. The van der Waals surface area contributed by atoms with Crippen LogP contribution in [0, 0.1) is 5.82 Å². The van der Waals surface area contributed by atoms with Crippen LogP contribution in [0.5, 0.6) is 0 Å². The van der Waals surface area contributed by atoms with Crippen molar-refractivity contribution >= 4 is 34.3 Å². The number of aromatic nitrogens is 6. The lowest BCUT2D eigenvalue weighted by Crippen LogP contribution is -2.43. The van der Waals surface area contributed by atoms with E-state index in [9.17, 15) is 9.18 Å². The van der Waals surface area contributed by atoms with E-state index in [1.807, 2.05) is 6.07 Å². The molecule has 2 unspecified atom stereocenters. The van der Waals surface area contributed by atoms with E-state index in [0.29, 0.717) is 17.2 Å². The molecule has 0 spiro atoms. The molecule has 4 aromatic rings. The van der Waals surface area contributed by atoms with Crippen molar-refractivity contribution in [1.82, 2.24) is 29.9 Å². The van der Waals surface area contributed by atoms with Crippen LogP contribution in [0.3, 0.4) is 0 Å². The number of carbonyl (C=O) groups excluding carboxylic acids is 1. The fraction of sp³-hybridized carbons (Fsp3) is 0.286. The minimum Gasteiger partial charge on any atom is -0.365 e. The molecule has 11 nitrogen and oxygen atoms in total. The van der Waals surface area contributed by atoms with Gasteiger partial charge in [-0.05, 0) is 25.0 Å². The summed E-state index contributed by atoms with van der Waals surface area (Å²) in [7, 11) is 0. The second kappa shape index (κ2) is 8.47.